The smallest absolute Gasteiger partial charge is 0.248 e. The first-order valence-electron chi connectivity index (χ1n) is 2.67. The van der Waals surface area contributed by atoms with E-state index in [9.17, 15) is 4.21 Å². The van der Waals surface area contributed by atoms with Gasteiger partial charge in [0.2, 0.25) is 11.3 Å². The van der Waals surface area contributed by atoms with E-state index in [2.05, 4.69) is 5.43 Å². The second-order valence-electron chi connectivity index (χ2n) is 1.87. The third-order valence-electron chi connectivity index (χ3n) is 0.858. The van der Waals surface area contributed by atoms with Crippen molar-refractivity contribution in [3.05, 3.63) is 0 Å². The summed E-state index contributed by atoms with van der Waals surface area (Å²) in [5.74, 6) is 0. The van der Waals surface area contributed by atoms with Gasteiger partial charge >= 0.3 is 0 Å². The van der Waals surface area contributed by atoms with E-state index >= 15 is 0 Å². The van der Waals surface area contributed by atoms with Gasteiger partial charge in [-0.2, -0.15) is 0 Å². The summed E-state index contributed by atoms with van der Waals surface area (Å²) in [6, 6.07) is 0.0285. The fourth-order valence-electron chi connectivity index (χ4n) is 0.517. The fraction of sp³-hybridized carbons (Fsp3) is 1.00. The average molecular weight is 152 g/mol. The van der Waals surface area contributed by atoms with Crippen molar-refractivity contribution in [2.45, 2.75) is 19.9 Å². The van der Waals surface area contributed by atoms with Gasteiger partial charge in [0.05, 0.1) is 0 Å². The van der Waals surface area contributed by atoms with Crippen molar-refractivity contribution in [1.29, 1.82) is 0 Å². The van der Waals surface area contributed by atoms with Gasteiger partial charge in [-0.25, -0.2) is 9.63 Å². The molecule has 0 saturated carbocycles. The Kier molecular flexibility index (Phi) is 3.96. The van der Waals surface area contributed by atoms with E-state index < -0.39 is 11.3 Å². The first-order chi connectivity index (χ1) is 4.09. The van der Waals surface area contributed by atoms with Gasteiger partial charge in [-0.3, -0.25) is 4.55 Å². The van der Waals surface area contributed by atoms with Crippen LogP contribution in [0.15, 0.2) is 0 Å². The number of hydrogen-bond donors (Lipinski definition) is 2. The number of nitrogens with one attached hydrogen (secondary N) is 1. The molecule has 5 heteroatoms. The third kappa shape index (κ3) is 2.90. The summed E-state index contributed by atoms with van der Waals surface area (Å²) in [6.07, 6.45) is 0. The lowest BCUT2D eigenvalue weighted by molar-refractivity contribution is 0.284. The molecule has 9 heavy (non-hydrogen) atoms. The molecule has 0 aliphatic rings. The highest BCUT2D eigenvalue weighted by Gasteiger charge is 2.11. The summed E-state index contributed by atoms with van der Waals surface area (Å²) in [5, 5.41) is 0. The third-order valence-corrected chi connectivity index (χ3v) is 1.80. The van der Waals surface area contributed by atoms with Gasteiger partial charge < -0.3 is 0 Å². The molecule has 0 heterocycles. The van der Waals surface area contributed by atoms with Crippen molar-refractivity contribution in [2.75, 3.05) is 7.05 Å². The van der Waals surface area contributed by atoms with Gasteiger partial charge in [-0.15, -0.1) is 4.41 Å². The molecule has 0 aliphatic heterocycles. The minimum atomic E-state index is -1.91. The van der Waals surface area contributed by atoms with Gasteiger partial charge in [-0.05, 0) is 20.9 Å². The molecular formula is C4H12N2O2S. The van der Waals surface area contributed by atoms with Crippen LogP contribution in [0.3, 0.4) is 0 Å². The maximum atomic E-state index is 10.3. The lowest BCUT2D eigenvalue weighted by atomic mass is 10.4. The summed E-state index contributed by atoms with van der Waals surface area (Å²) in [5.41, 5.74) is 2.58. The Morgan fingerprint density at radius 1 is 1.67 bits per heavy atom. The molecule has 0 aromatic rings. The lowest BCUT2D eigenvalue weighted by Gasteiger charge is -2.19. The second kappa shape index (κ2) is 3.94. The molecule has 1 unspecified atom stereocenters. The van der Waals surface area contributed by atoms with E-state index in [4.69, 9.17) is 4.55 Å². The zero-order valence-electron chi connectivity index (χ0n) is 5.79. The molecule has 0 saturated heterocycles. The largest absolute Gasteiger partial charge is 0.293 e. The Bertz CT molecular complexity index is 107. The lowest BCUT2D eigenvalue weighted by Crippen LogP contribution is -2.41. The highest BCUT2D eigenvalue weighted by Crippen LogP contribution is 1.93. The molecule has 0 amide bonds. The molecule has 1 atom stereocenters. The summed E-state index contributed by atoms with van der Waals surface area (Å²) >= 11 is -1.91. The Hall–Kier alpha value is 0.0300. The van der Waals surface area contributed by atoms with Gasteiger partial charge in [0.25, 0.3) is 0 Å². The summed E-state index contributed by atoms with van der Waals surface area (Å²) in [4.78, 5) is 0. The van der Waals surface area contributed by atoms with Crippen molar-refractivity contribution >= 4 is 11.3 Å². The normalized spacial score (nSPS) is 14.9. The summed E-state index contributed by atoms with van der Waals surface area (Å²) < 4.78 is 20.1. The Morgan fingerprint density at radius 2 is 2.11 bits per heavy atom. The van der Waals surface area contributed by atoms with Crippen molar-refractivity contribution in [2.24, 2.45) is 0 Å². The van der Waals surface area contributed by atoms with Crippen molar-refractivity contribution in [1.82, 2.24) is 9.84 Å². The molecule has 0 aromatic heterocycles. The van der Waals surface area contributed by atoms with Crippen molar-refractivity contribution < 1.29 is 8.76 Å². The SMILES string of the molecule is CNN(C(C)C)S(=O)O. The van der Waals surface area contributed by atoms with Crippen LogP contribution in [0, 0.1) is 0 Å². The van der Waals surface area contributed by atoms with Gasteiger partial charge in [0.15, 0.2) is 0 Å². The van der Waals surface area contributed by atoms with E-state index in [-0.39, 0.29) is 6.04 Å². The van der Waals surface area contributed by atoms with Crippen molar-refractivity contribution in [3.8, 4) is 0 Å². The Labute approximate surface area is 57.6 Å². The Morgan fingerprint density at radius 3 is 2.11 bits per heavy atom. The van der Waals surface area contributed by atoms with Crippen LogP contribution < -0.4 is 5.43 Å². The fourth-order valence-corrected chi connectivity index (χ4v) is 1.03. The van der Waals surface area contributed by atoms with Crippen LogP contribution in [-0.2, 0) is 11.3 Å². The average Bonchev–Trinajstić information content (AvgIpc) is 1.64. The van der Waals surface area contributed by atoms with E-state index in [0.29, 0.717) is 0 Å². The van der Waals surface area contributed by atoms with Crippen LogP contribution in [0.25, 0.3) is 0 Å². The van der Waals surface area contributed by atoms with Gasteiger partial charge in [0, 0.05) is 6.04 Å². The zero-order chi connectivity index (χ0) is 7.44. The molecule has 0 rings (SSSR count). The van der Waals surface area contributed by atoms with Crippen LogP contribution >= 0.6 is 0 Å². The van der Waals surface area contributed by atoms with Gasteiger partial charge in [-0.1, -0.05) is 0 Å². The number of nitrogens with zero attached hydrogens (tertiary/aromatic N) is 1. The molecule has 0 spiro atoms. The zero-order valence-corrected chi connectivity index (χ0v) is 6.60. The first-order valence-corrected chi connectivity index (χ1v) is 3.73. The minimum Gasteiger partial charge on any atom is -0.293 e. The molecule has 0 aromatic carbocycles. The van der Waals surface area contributed by atoms with Crippen LogP contribution in [-0.4, -0.2) is 26.3 Å². The molecular weight excluding hydrogens is 140 g/mol. The van der Waals surface area contributed by atoms with Crippen LogP contribution in [0.1, 0.15) is 13.8 Å². The predicted octanol–water partition coefficient (Wildman–Crippen LogP) is -0.0321. The van der Waals surface area contributed by atoms with Crippen molar-refractivity contribution in [3.63, 3.8) is 0 Å². The topological polar surface area (TPSA) is 52.6 Å². The molecule has 0 fully saturated rings. The highest BCUT2D eigenvalue weighted by atomic mass is 32.2. The molecule has 0 bridgehead atoms. The van der Waals surface area contributed by atoms with Gasteiger partial charge in [0.1, 0.15) is 0 Å². The number of hydrazine groups is 1. The molecule has 4 nitrogen and oxygen atoms in total. The van der Waals surface area contributed by atoms with Crippen LogP contribution in [0.2, 0.25) is 0 Å². The summed E-state index contributed by atoms with van der Waals surface area (Å²) in [6.45, 7) is 3.65. The van der Waals surface area contributed by atoms with Crippen LogP contribution in [0.4, 0.5) is 0 Å². The molecule has 56 valence electrons. The Balaban J connectivity index is 3.83. The molecule has 0 radical (unpaired) electrons. The number of hydrogen-bond acceptors (Lipinski definition) is 2. The monoisotopic (exact) mass is 152 g/mol. The van der Waals surface area contributed by atoms with E-state index in [1.807, 2.05) is 13.8 Å². The van der Waals surface area contributed by atoms with Crippen LogP contribution in [0.5, 0.6) is 0 Å². The van der Waals surface area contributed by atoms with E-state index in [1.54, 1.807) is 7.05 Å². The predicted molar refractivity (Wildman–Crippen MR) is 36.8 cm³/mol. The number of rotatable bonds is 3. The minimum absolute atomic E-state index is 0.0285. The summed E-state index contributed by atoms with van der Waals surface area (Å²) in [7, 11) is 1.61. The van der Waals surface area contributed by atoms with E-state index in [0.717, 1.165) is 0 Å². The second-order valence-corrected chi connectivity index (χ2v) is 2.73. The maximum Gasteiger partial charge on any atom is 0.248 e. The first kappa shape index (κ1) is 9.03. The molecule has 2 N–H and O–H groups in total. The quantitative estimate of drug-likeness (QED) is 0.441. The van der Waals surface area contributed by atoms with E-state index in [1.165, 1.54) is 4.41 Å². The molecule has 0 aliphatic carbocycles. The highest BCUT2D eigenvalue weighted by molar-refractivity contribution is 7.76. The maximum absolute atomic E-state index is 10.3. The standard InChI is InChI=1S/C4H12N2O2S/c1-4(2)6(5-3)9(7)8/h4-5H,1-3H3,(H,7,8).